The normalized spacial score (nSPS) is 14.7. The molecule has 3 aromatic rings. The summed E-state index contributed by atoms with van der Waals surface area (Å²) in [5, 5.41) is 4.38. The van der Waals surface area contributed by atoms with Gasteiger partial charge in [0.25, 0.3) is 10.0 Å². The quantitative estimate of drug-likeness (QED) is 0.244. The minimum atomic E-state index is -4.24. The Bertz CT molecular complexity index is 1530. The highest BCUT2D eigenvalue weighted by Gasteiger charge is 2.33. The number of hydrogen-bond acceptors (Lipinski definition) is 4. The maximum Gasteiger partial charge on any atom is 0.264 e. The van der Waals surface area contributed by atoms with Crippen LogP contribution >= 0.6 is 46.4 Å². The number of rotatable bonds is 10. The van der Waals surface area contributed by atoms with Crippen LogP contribution in [0.15, 0.2) is 71.6 Å². The molecule has 2 amide bonds. The minimum Gasteiger partial charge on any atom is -0.352 e. The average molecular weight is 671 g/mol. The first kappa shape index (κ1) is 32.4. The molecule has 1 aliphatic carbocycles. The van der Waals surface area contributed by atoms with E-state index in [1.807, 2.05) is 0 Å². The number of halogens is 4. The summed E-state index contributed by atoms with van der Waals surface area (Å²) in [5.41, 5.74) is 0.824. The first-order chi connectivity index (χ1) is 20.0. The van der Waals surface area contributed by atoms with Crippen molar-refractivity contribution in [1.29, 1.82) is 0 Å². The van der Waals surface area contributed by atoms with Gasteiger partial charge in [0.15, 0.2) is 0 Å². The smallest absolute Gasteiger partial charge is 0.264 e. The molecule has 4 rings (SSSR count). The van der Waals surface area contributed by atoms with Crippen LogP contribution in [-0.2, 0) is 26.2 Å². The molecule has 12 heteroatoms. The highest BCUT2D eigenvalue weighted by molar-refractivity contribution is 7.92. The van der Waals surface area contributed by atoms with Crippen molar-refractivity contribution in [2.75, 3.05) is 10.8 Å². The number of carbonyl (C=O) groups is 2. The van der Waals surface area contributed by atoms with Crippen molar-refractivity contribution >= 4 is 73.9 Å². The molecule has 0 bridgehead atoms. The van der Waals surface area contributed by atoms with Crippen LogP contribution in [0.5, 0.6) is 0 Å². The van der Waals surface area contributed by atoms with Gasteiger partial charge in [-0.25, -0.2) is 8.42 Å². The van der Waals surface area contributed by atoms with E-state index in [-0.39, 0.29) is 29.1 Å². The van der Waals surface area contributed by atoms with E-state index in [9.17, 15) is 18.0 Å². The summed E-state index contributed by atoms with van der Waals surface area (Å²) in [6, 6.07) is 15.9. The van der Waals surface area contributed by atoms with Crippen molar-refractivity contribution < 1.29 is 18.0 Å². The Labute approximate surface area is 266 Å². The van der Waals surface area contributed by atoms with Crippen LogP contribution in [0.1, 0.15) is 44.6 Å². The van der Waals surface area contributed by atoms with E-state index in [0.29, 0.717) is 25.7 Å². The SMILES string of the molecule is CC(C(=O)NC1CCCCC1)N(Cc1ccc(Cl)c(Cl)c1)C(=O)CN(c1cccc(Cl)c1)S(=O)(=O)c1ccc(Cl)cc1. The lowest BCUT2D eigenvalue weighted by atomic mass is 9.95. The lowest BCUT2D eigenvalue weighted by molar-refractivity contribution is -0.139. The van der Waals surface area contributed by atoms with Crippen molar-refractivity contribution in [2.24, 2.45) is 0 Å². The van der Waals surface area contributed by atoms with Gasteiger partial charge in [0.05, 0.1) is 20.6 Å². The molecule has 42 heavy (non-hydrogen) atoms. The zero-order valence-corrected chi connectivity index (χ0v) is 26.7. The standard InChI is InChI=1S/C30H31Cl4N3O4S/c1-20(30(39)35-24-7-3-2-4-8-24)36(18-21-10-15-27(33)28(34)16-21)29(38)19-37(25-9-5-6-23(32)17-25)42(40,41)26-13-11-22(31)12-14-26/h5-6,9-17,20,24H,2-4,7-8,18-19H2,1H3,(H,35,39). The summed E-state index contributed by atoms with van der Waals surface area (Å²) in [4.78, 5) is 28.8. The van der Waals surface area contributed by atoms with E-state index in [1.165, 1.54) is 35.2 Å². The third-order valence-corrected chi connectivity index (χ3v) is 10.2. The Morgan fingerprint density at radius 1 is 0.881 bits per heavy atom. The second kappa shape index (κ2) is 14.3. The maximum absolute atomic E-state index is 14.1. The molecule has 0 aromatic heterocycles. The predicted octanol–water partition coefficient (Wildman–Crippen LogP) is 7.36. The van der Waals surface area contributed by atoms with Gasteiger partial charge in [0, 0.05) is 22.6 Å². The molecule has 224 valence electrons. The summed E-state index contributed by atoms with van der Waals surface area (Å²) in [7, 11) is -4.24. The summed E-state index contributed by atoms with van der Waals surface area (Å²) in [6.45, 7) is 1.04. The van der Waals surface area contributed by atoms with Crippen molar-refractivity contribution in [3.63, 3.8) is 0 Å². The van der Waals surface area contributed by atoms with Gasteiger partial charge in [-0.15, -0.1) is 0 Å². The lowest BCUT2D eigenvalue weighted by Gasteiger charge is -2.33. The van der Waals surface area contributed by atoms with Crippen LogP contribution in [0.25, 0.3) is 0 Å². The molecular formula is C30H31Cl4N3O4S. The summed E-state index contributed by atoms with van der Waals surface area (Å²) in [5.74, 6) is -0.907. The molecule has 7 nitrogen and oxygen atoms in total. The molecule has 0 saturated heterocycles. The van der Waals surface area contributed by atoms with Gasteiger partial charge in [-0.05, 0) is 79.9 Å². The fourth-order valence-corrected chi connectivity index (χ4v) is 6.92. The molecule has 0 radical (unpaired) electrons. The molecular weight excluding hydrogens is 640 g/mol. The zero-order valence-electron chi connectivity index (χ0n) is 22.9. The number of nitrogens with zero attached hydrogens (tertiary/aromatic N) is 2. The van der Waals surface area contributed by atoms with E-state index < -0.39 is 28.5 Å². The number of benzene rings is 3. The fourth-order valence-electron chi connectivity index (χ4n) is 4.88. The van der Waals surface area contributed by atoms with E-state index >= 15 is 0 Å². The molecule has 1 unspecified atom stereocenters. The number of nitrogens with one attached hydrogen (secondary N) is 1. The third-order valence-electron chi connectivity index (χ3n) is 7.23. The van der Waals surface area contributed by atoms with Gasteiger partial charge in [0.2, 0.25) is 11.8 Å². The largest absolute Gasteiger partial charge is 0.352 e. The van der Waals surface area contributed by atoms with Crippen LogP contribution in [0.2, 0.25) is 20.1 Å². The molecule has 1 fully saturated rings. The van der Waals surface area contributed by atoms with Crippen LogP contribution in [-0.4, -0.2) is 43.8 Å². The fraction of sp³-hybridized carbons (Fsp3) is 0.333. The van der Waals surface area contributed by atoms with E-state index in [2.05, 4.69) is 5.32 Å². The van der Waals surface area contributed by atoms with E-state index in [0.717, 1.165) is 36.4 Å². The van der Waals surface area contributed by atoms with Crippen molar-refractivity contribution in [3.05, 3.63) is 92.4 Å². The monoisotopic (exact) mass is 669 g/mol. The second-order valence-electron chi connectivity index (χ2n) is 10.2. The molecule has 0 aliphatic heterocycles. The minimum absolute atomic E-state index is 0.000641. The van der Waals surface area contributed by atoms with E-state index in [1.54, 1.807) is 43.3 Å². The number of anilines is 1. The molecule has 1 saturated carbocycles. The lowest BCUT2D eigenvalue weighted by Crippen LogP contribution is -2.53. The van der Waals surface area contributed by atoms with Crippen molar-refractivity contribution in [2.45, 2.75) is 62.6 Å². The van der Waals surface area contributed by atoms with Crippen LogP contribution in [0.3, 0.4) is 0 Å². The Morgan fingerprint density at radius 2 is 1.57 bits per heavy atom. The molecule has 0 heterocycles. The number of amides is 2. The first-order valence-electron chi connectivity index (χ1n) is 13.5. The average Bonchev–Trinajstić information content (AvgIpc) is 2.96. The topological polar surface area (TPSA) is 86.8 Å². The molecule has 1 aliphatic rings. The summed E-state index contributed by atoms with van der Waals surface area (Å²) in [6.07, 6.45) is 4.94. The van der Waals surface area contributed by atoms with Crippen molar-refractivity contribution in [3.8, 4) is 0 Å². The number of carbonyl (C=O) groups excluding carboxylic acids is 2. The Morgan fingerprint density at radius 3 is 2.21 bits per heavy atom. The van der Waals surface area contributed by atoms with Gasteiger partial charge in [0.1, 0.15) is 12.6 Å². The molecule has 3 aromatic carbocycles. The highest BCUT2D eigenvalue weighted by Crippen LogP contribution is 2.28. The second-order valence-corrected chi connectivity index (χ2v) is 13.8. The molecule has 1 N–H and O–H groups in total. The molecule has 1 atom stereocenters. The summed E-state index contributed by atoms with van der Waals surface area (Å²) < 4.78 is 28.7. The predicted molar refractivity (Wildman–Crippen MR) is 169 cm³/mol. The zero-order chi connectivity index (χ0) is 30.4. The van der Waals surface area contributed by atoms with Crippen LogP contribution in [0, 0.1) is 0 Å². The van der Waals surface area contributed by atoms with Gasteiger partial charge in [-0.2, -0.15) is 0 Å². The maximum atomic E-state index is 14.1. The van der Waals surface area contributed by atoms with Gasteiger partial charge in [-0.3, -0.25) is 13.9 Å². The number of sulfonamides is 1. The van der Waals surface area contributed by atoms with Gasteiger partial charge >= 0.3 is 0 Å². The number of hydrogen-bond donors (Lipinski definition) is 1. The summed E-state index contributed by atoms with van der Waals surface area (Å²) >= 11 is 24.6. The Kier molecular flexibility index (Phi) is 11.1. The van der Waals surface area contributed by atoms with E-state index in [4.69, 9.17) is 46.4 Å². The van der Waals surface area contributed by atoms with Gasteiger partial charge < -0.3 is 10.2 Å². The Hall–Kier alpha value is -2.49. The van der Waals surface area contributed by atoms with Gasteiger partial charge in [-0.1, -0.05) is 77.8 Å². The molecule has 0 spiro atoms. The third kappa shape index (κ3) is 8.11. The first-order valence-corrected chi connectivity index (χ1v) is 16.5. The highest BCUT2D eigenvalue weighted by atomic mass is 35.5. The van der Waals surface area contributed by atoms with Crippen LogP contribution in [0.4, 0.5) is 5.69 Å². The van der Waals surface area contributed by atoms with Crippen molar-refractivity contribution in [1.82, 2.24) is 10.2 Å². The van der Waals surface area contributed by atoms with Crippen LogP contribution < -0.4 is 9.62 Å². The Balaban J connectivity index is 1.69.